The van der Waals surface area contributed by atoms with Crippen molar-refractivity contribution in [2.24, 2.45) is 0 Å². The molecule has 0 N–H and O–H groups in total. The standard InChI is InChI=1S/C15H15ClN4S/c1-11-2-4-12(5-3-11)15-17-14(10-21-15)9-20-8-13(6-7-16)18-19-20/h2-5,8,10H,6-7,9H2,1H3. The molecule has 6 heteroatoms. The van der Waals surface area contributed by atoms with Crippen LogP contribution in [0.25, 0.3) is 10.6 Å². The predicted molar refractivity (Wildman–Crippen MR) is 85.8 cm³/mol. The lowest BCUT2D eigenvalue weighted by Gasteiger charge is -1.97. The van der Waals surface area contributed by atoms with Gasteiger partial charge in [-0.2, -0.15) is 0 Å². The number of aromatic nitrogens is 4. The predicted octanol–water partition coefficient (Wildman–Crippen LogP) is 3.54. The summed E-state index contributed by atoms with van der Waals surface area (Å²) in [7, 11) is 0. The summed E-state index contributed by atoms with van der Waals surface area (Å²) in [5.74, 6) is 0.562. The molecule has 1 aromatic carbocycles. The van der Waals surface area contributed by atoms with Crippen LogP contribution in [0.15, 0.2) is 35.8 Å². The van der Waals surface area contributed by atoms with Gasteiger partial charge in [-0.1, -0.05) is 35.0 Å². The van der Waals surface area contributed by atoms with E-state index < -0.39 is 0 Å². The van der Waals surface area contributed by atoms with Crippen molar-refractivity contribution in [1.29, 1.82) is 0 Å². The van der Waals surface area contributed by atoms with Crippen molar-refractivity contribution in [2.75, 3.05) is 5.88 Å². The van der Waals surface area contributed by atoms with Gasteiger partial charge in [0.1, 0.15) is 5.01 Å². The molecule has 0 aliphatic rings. The van der Waals surface area contributed by atoms with E-state index in [-0.39, 0.29) is 0 Å². The van der Waals surface area contributed by atoms with Crippen LogP contribution in [0.2, 0.25) is 0 Å². The quantitative estimate of drug-likeness (QED) is 0.676. The Morgan fingerprint density at radius 1 is 1.19 bits per heavy atom. The third-order valence-electron chi connectivity index (χ3n) is 3.11. The van der Waals surface area contributed by atoms with Crippen LogP contribution < -0.4 is 0 Å². The topological polar surface area (TPSA) is 43.6 Å². The van der Waals surface area contributed by atoms with Crippen LogP contribution in [0.4, 0.5) is 0 Å². The second kappa shape index (κ2) is 6.37. The van der Waals surface area contributed by atoms with Gasteiger partial charge in [0.05, 0.1) is 17.9 Å². The molecule has 0 aliphatic heterocycles. The first-order valence-corrected chi connectivity index (χ1v) is 8.12. The number of nitrogens with zero attached hydrogens (tertiary/aromatic N) is 4. The number of halogens is 1. The SMILES string of the molecule is Cc1ccc(-c2nc(Cn3cc(CCCl)nn3)cs2)cc1. The highest BCUT2D eigenvalue weighted by Gasteiger charge is 2.07. The van der Waals surface area contributed by atoms with E-state index in [0.717, 1.165) is 28.4 Å². The number of alkyl halides is 1. The molecule has 2 aromatic heterocycles. The number of benzene rings is 1. The maximum atomic E-state index is 5.70. The summed E-state index contributed by atoms with van der Waals surface area (Å²) in [4.78, 5) is 4.66. The molecule has 2 heterocycles. The van der Waals surface area contributed by atoms with E-state index in [0.29, 0.717) is 12.4 Å². The molecule has 0 fully saturated rings. The van der Waals surface area contributed by atoms with Crippen molar-refractivity contribution in [1.82, 2.24) is 20.0 Å². The molecular weight excluding hydrogens is 304 g/mol. The maximum absolute atomic E-state index is 5.70. The Morgan fingerprint density at radius 2 is 2.00 bits per heavy atom. The van der Waals surface area contributed by atoms with Crippen molar-refractivity contribution >= 4 is 22.9 Å². The Hall–Kier alpha value is -1.72. The highest BCUT2D eigenvalue weighted by molar-refractivity contribution is 7.13. The minimum absolute atomic E-state index is 0.562. The van der Waals surface area contributed by atoms with Crippen LogP contribution in [0.3, 0.4) is 0 Å². The molecule has 108 valence electrons. The van der Waals surface area contributed by atoms with Crippen molar-refractivity contribution in [3.8, 4) is 10.6 Å². The summed E-state index contributed by atoms with van der Waals surface area (Å²) < 4.78 is 1.80. The average molecular weight is 319 g/mol. The zero-order valence-corrected chi connectivity index (χ0v) is 13.2. The number of hydrogen-bond acceptors (Lipinski definition) is 4. The third kappa shape index (κ3) is 3.49. The molecule has 0 radical (unpaired) electrons. The first-order valence-electron chi connectivity index (χ1n) is 6.71. The smallest absolute Gasteiger partial charge is 0.123 e. The number of rotatable bonds is 5. The molecule has 0 bridgehead atoms. The zero-order chi connectivity index (χ0) is 14.7. The van der Waals surface area contributed by atoms with Crippen LogP contribution in [0, 0.1) is 6.92 Å². The molecule has 0 saturated carbocycles. The fourth-order valence-electron chi connectivity index (χ4n) is 2.00. The van der Waals surface area contributed by atoms with Crippen molar-refractivity contribution < 1.29 is 0 Å². The maximum Gasteiger partial charge on any atom is 0.123 e. The van der Waals surface area contributed by atoms with Crippen LogP contribution in [-0.4, -0.2) is 25.9 Å². The highest BCUT2D eigenvalue weighted by Crippen LogP contribution is 2.24. The monoisotopic (exact) mass is 318 g/mol. The number of hydrogen-bond donors (Lipinski definition) is 0. The van der Waals surface area contributed by atoms with Crippen molar-refractivity contribution in [2.45, 2.75) is 19.9 Å². The summed E-state index contributed by atoms with van der Waals surface area (Å²) in [6.07, 6.45) is 2.67. The van der Waals surface area contributed by atoms with E-state index in [1.807, 2.05) is 6.20 Å². The van der Waals surface area contributed by atoms with Crippen molar-refractivity contribution in [3.05, 3.63) is 52.8 Å². The summed E-state index contributed by atoms with van der Waals surface area (Å²) in [5, 5.41) is 11.3. The molecule has 4 nitrogen and oxygen atoms in total. The van der Waals surface area contributed by atoms with E-state index in [1.54, 1.807) is 16.0 Å². The highest BCUT2D eigenvalue weighted by atomic mass is 35.5. The summed E-state index contributed by atoms with van der Waals surface area (Å²) in [5.41, 5.74) is 4.32. The minimum atomic E-state index is 0.562. The second-order valence-corrected chi connectivity index (χ2v) is 6.09. The lowest BCUT2D eigenvalue weighted by molar-refractivity contribution is 0.641. The number of aryl methyl sites for hydroxylation is 2. The molecule has 0 saturated heterocycles. The molecule has 3 rings (SSSR count). The van der Waals surface area contributed by atoms with Gasteiger partial charge in [0, 0.05) is 29.4 Å². The molecule has 3 aromatic rings. The summed E-state index contributed by atoms with van der Waals surface area (Å²) >= 11 is 7.35. The molecule has 0 spiro atoms. The van der Waals surface area contributed by atoms with Crippen molar-refractivity contribution in [3.63, 3.8) is 0 Å². The van der Waals surface area contributed by atoms with Crippen LogP contribution in [0.1, 0.15) is 17.0 Å². The van der Waals surface area contributed by atoms with Crippen LogP contribution >= 0.6 is 22.9 Å². The lowest BCUT2D eigenvalue weighted by Crippen LogP contribution is -2.00. The zero-order valence-electron chi connectivity index (χ0n) is 11.7. The lowest BCUT2D eigenvalue weighted by atomic mass is 10.2. The normalized spacial score (nSPS) is 11.0. The Morgan fingerprint density at radius 3 is 2.76 bits per heavy atom. The first kappa shape index (κ1) is 14.2. The fraction of sp³-hybridized carbons (Fsp3) is 0.267. The Kier molecular flexibility index (Phi) is 4.31. The minimum Gasteiger partial charge on any atom is -0.246 e. The second-order valence-electron chi connectivity index (χ2n) is 4.86. The van der Waals surface area contributed by atoms with Gasteiger partial charge in [0.15, 0.2) is 0 Å². The van der Waals surface area contributed by atoms with Gasteiger partial charge in [-0.3, -0.25) is 0 Å². The molecule has 0 atom stereocenters. The van der Waals surface area contributed by atoms with Gasteiger partial charge in [0.2, 0.25) is 0 Å². The van der Waals surface area contributed by atoms with E-state index in [9.17, 15) is 0 Å². The van der Waals surface area contributed by atoms with Crippen LogP contribution in [0.5, 0.6) is 0 Å². The largest absolute Gasteiger partial charge is 0.246 e. The van der Waals surface area contributed by atoms with Gasteiger partial charge in [-0.15, -0.1) is 28.0 Å². The average Bonchev–Trinajstić information content (AvgIpc) is 3.11. The van der Waals surface area contributed by atoms with Gasteiger partial charge < -0.3 is 0 Å². The van der Waals surface area contributed by atoms with Gasteiger partial charge in [0.25, 0.3) is 0 Å². The Labute approximate surface area is 132 Å². The molecule has 21 heavy (non-hydrogen) atoms. The van der Waals surface area contributed by atoms with Gasteiger partial charge in [-0.05, 0) is 6.92 Å². The molecule has 0 unspecified atom stereocenters. The third-order valence-corrected chi connectivity index (χ3v) is 4.24. The first-order chi connectivity index (χ1) is 10.2. The van der Waals surface area contributed by atoms with Gasteiger partial charge >= 0.3 is 0 Å². The Bertz CT molecular complexity index is 717. The molecular formula is C15H15ClN4S. The van der Waals surface area contributed by atoms with E-state index >= 15 is 0 Å². The van der Waals surface area contributed by atoms with E-state index in [4.69, 9.17) is 11.6 Å². The molecule has 0 amide bonds. The van der Waals surface area contributed by atoms with E-state index in [1.165, 1.54) is 5.56 Å². The molecule has 0 aliphatic carbocycles. The van der Waals surface area contributed by atoms with Crippen LogP contribution in [-0.2, 0) is 13.0 Å². The summed E-state index contributed by atoms with van der Waals surface area (Å²) in [6, 6.07) is 8.41. The fourth-order valence-corrected chi connectivity index (χ4v) is 3.01. The number of thiazole rings is 1. The Balaban J connectivity index is 1.73. The summed E-state index contributed by atoms with van der Waals surface area (Å²) in [6.45, 7) is 2.72. The van der Waals surface area contributed by atoms with E-state index in [2.05, 4.69) is 51.9 Å². The van der Waals surface area contributed by atoms with Gasteiger partial charge in [-0.25, -0.2) is 9.67 Å².